The van der Waals surface area contributed by atoms with Gasteiger partial charge in [0.15, 0.2) is 5.79 Å². The molecule has 1 amide bonds. The lowest BCUT2D eigenvalue weighted by Gasteiger charge is -2.38. The maximum Gasteiger partial charge on any atom is 0.228 e. The molecule has 2 fully saturated rings. The standard InChI is InChI=1S/C17H22FNO3/c18-14-5-3-4-13(12-14)7-9-19-16(20)15-6-1-2-8-17(15)21-10-11-22-17/h3-5,12,15H,1-2,6-11H2,(H,19,20). The Kier molecular flexibility index (Phi) is 4.74. The second-order valence-corrected chi connectivity index (χ2v) is 5.98. The Bertz CT molecular complexity index is 528. The summed E-state index contributed by atoms with van der Waals surface area (Å²) in [4.78, 5) is 12.5. The predicted molar refractivity (Wildman–Crippen MR) is 79.7 cm³/mol. The molecule has 3 rings (SSSR count). The number of benzene rings is 1. The SMILES string of the molecule is O=C(NCCc1cccc(F)c1)C1CCCCC12OCCO2. The first kappa shape index (κ1) is 15.4. The van der Waals surface area contributed by atoms with E-state index in [0.29, 0.717) is 26.2 Å². The zero-order valence-corrected chi connectivity index (χ0v) is 12.6. The van der Waals surface area contributed by atoms with E-state index in [9.17, 15) is 9.18 Å². The molecule has 1 saturated carbocycles. The highest BCUT2D eigenvalue weighted by Gasteiger charge is 2.49. The van der Waals surface area contributed by atoms with Gasteiger partial charge in [-0.1, -0.05) is 18.6 Å². The van der Waals surface area contributed by atoms with Gasteiger partial charge in [0, 0.05) is 13.0 Å². The maximum atomic E-state index is 13.1. The molecule has 1 atom stereocenters. The molecule has 4 nitrogen and oxygen atoms in total. The molecular weight excluding hydrogens is 285 g/mol. The molecule has 1 aromatic carbocycles. The topological polar surface area (TPSA) is 47.6 Å². The molecule has 1 aliphatic carbocycles. The Balaban J connectivity index is 1.54. The molecule has 0 aromatic heterocycles. The molecule has 1 N–H and O–H groups in total. The molecule has 2 aliphatic rings. The van der Waals surface area contributed by atoms with Gasteiger partial charge in [-0.05, 0) is 37.0 Å². The smallest absolute Gasteiger partial charge is 0.228 e. The van der Waals surface area contributed by atoms with Crippen LogP contribution in [0.5, 0.6) is 0 Å². The molecule has 22 heavy (non-hydrogen) atoms. The fraction of sp³-hybridized carbons (Fsp3) is 0.588. The van der Waals surface area contributed by atoms with E-state index in [-0.39, 0.29) is 17.6 Å². The second kappa shape index (κ2) is 6.75. The molecule has 1 spiro atoms. The number of hydrogen-bond acceptors (Lipinski definition) is 3. The number of carbonyl (C=O) groups is 1. The average Bonchev–Trinajstić information content (AvgIpc) is 2.96. The largest absolute Gasteiger partial charge is 0.355 e. The summed E-state index contributed by atoms with van der Waals surface area (Å²) in [5.74, 6) is -1.21. The molecule has 0 radical (unpaired) electrons. The van der Waals surface area contributed by atoms with Gasteiger partial charge in [-0.15, -0.1) is 0 Å². The number of ether oxygens (including phenoxy) is 2. The number of amides is 1. The van der Waals surface area contributed by atoms with Crippen molar-refractivity contribution in [2.24, 2.45) is 5.92 Å². The number of nitrogens with one attached hydrogen (secondary N) is 1. The van der Waals surface area contributed by atoms with Crippen molar-refractivity contribution >= 4 is 5.91 Å². The monoisotopic (exact) mass is 307 g/mol. The summed E-state index contributed by atoms with van der Waals surface area (Å²) in [7, 11) is 0. The molecule has 1 aliphatic heterocycles. The molecule has 1 heterocycles. The van der Waals surface area contributed by atoms with Gasteiger partial charge in [0.2, 0.25) is 5.91 Å². The zero-order chi connectivity index (χ0) is 15.4. The molecule has 1 saturated heterocycles. The lowest BCUT2D eigenvalue weighted by molar-refractivity contribution is -0.212. The van der Waals surface area contributed by atoms with Crippen LogP contribution in [0.3, 0.4) is 0 Å². The first-order chi connectivity index (χ1) is 10.7. The van der Waals surface area contributed by atoms with Gasteiger partial charge in [-0.2, -0.15) is 0 Å². The predicted octanol–water partition coefficient (Wildman–Crippen LogP) is 2.42. The van der Waals surface area contributed by atoms with Crippen molar-refractivity contribution in [3.8, 4) is 0 Å². The van der Waals surface area contributed by atoms with Crippen molar-refractivity contribution in [2.45, 2.75) is 37.9 Å². The van der Waals surface area contributed by atoms with Crippen LogP contribution in [0.1, 0.15) is 31.2 Å². The highest BCUT2D eigenvalue weighted by atomic mass is 19.1. The molecule has 120 valence electrons. The van der Waals surface area contributed by atoms with Crippen molar-refractivity contribution < 1.29 is 18.7 Å². The Morgan fingerprint density at radius 1 is 1.32 bits per heavy atom. The summed E-state index contributed by atoms with van der Waals surface area (Å²) in [5, 5.41) is 2.95. The number of hydrogen-bond donors (Lipinski definition) is 1. The van der Waals surface area contributed by atoms with Crippen molar-refractivity contribution in [2.75, 3.05) is 19.8 Å². The van der Waals surface area contributed by atoms with E-state index in [1.54, 1.807) is 6.07 Å². The van der Waals surface area contributed by atoms with E-state index >= 15 is 0 Å². The Morgan fingerprint density at radius 3 is 2.91 bits per heavy atom. The van der Waals surface area contributed by atoms with Crippen molar-refractivity contribution in [3.05, 3.63) is 35.6 Å². The van der Waals surface area contributed by atoms with Crippen LogP contribution in [0, 0.1) is 11.7 Å². The van der Waals surface area contributed by atoms with Crippen LogP contribution in [0.25, 0.3) is 0 Å². The van der Waals surface area contributed by atoms with Crippen LogP contribution in [-0.4, -0.2) is 31.5 Å². The Hall–Kier alpha value is -1.46. The third kappa shape index (κ3) is 3.31. The van der Waals surface area contributed by atoms with Crippen molar-refractivity contribution in [3.63, 3.8) is 0 Å². The summed E-state index contributed by atoms with van der Waals surface area (Å²) in [5.41, 5.74) is 0.882. The molecular formula is C17H22FNO3. The van der Waals surface area contributed by atoms with E-state index in [1.807, 2.05) is 6.07 Å². The number of carbonyl (C=O) groups excluding carboxylic acids is 1. The van der Waals surface area contributed by atoms with Gasteiger partial charge in [0.25, 0.3) is 0 Å². The fourth-order valence-corrected chi connectivity index (χ4v) is 3.41. The van der Waals surface area contributed by atoms with Crippen LogP contribution >= 0.6 is 0 Å². The third-order valence-electron chi connectivity index (χ3n) is 4.49. The lowest BCUT2D eigenvalue weighted by atomic mass is 9.82. The zero-order valence-electron chi connectivity index (χ0n) is 12.6. The van der Waals surface area contributed by atoms with Crippen molar-refractivity contribution in [1.29, 1.82) is 0 Å². The second-order valence-electron chi connectivity index (χ2n) is 5.98. The minimum atomic E-state index is -0.707. The van der Waals surface area contributed by atoms with Crippen LogP contribution < -0.4 is 5.32 Å². The molecule has 0 bridgehead atoms. The number of halogens is 1. The first-order valence-corrected chi connectivity index (χ1v) is 8.00. The summed E-state index contributed by atoms with van der Waals surface area (Å²) in [6.45, 7) is 1.62. The van der Waals surface area contributed by atoms with E-state index in [0.717, 1.165) is 31.2 Å². The van der Waals surface area contributed by atoms with Gasteiger partial charge in [-0.3, -0.25) is 4.79 Å². The quantitative estimate of drug-likeness (QED) is 0.929. The van der Waals surface area contributed by atoms with Gasteiger partial charge in [0.05, 0.1) is 19.1 Å². The summed E-state index contributed by atoms with van der Waals surface area (Å²) in [6, 6.07) is 6.46. The first-order valence-electron chi connectivity index (χ1n) is 8.00. The molecule has 1 aromatic rings. The van der Waals surface area contributed by atoms with E-state index < -0.39 is 5.79 Å². The van der Waals surface area contributed by atoms with Crippen LogP contribution in [0.4, 0.5) is 4.39 Å². The summed E-state index contributed by atoms with van der Waals surface area (Å²) < 4.78 is 24.6. The summed E-state index contributed by atoms with van der Waals surface area (Å²) in [6.07, 6.45) is 4.26. The highest BCUT2D eigenvalue weighted by Crippen LogP contribution is 2.40. The van der Waals surface area contributed by atoms with Gasteiger partial charge in [0.1, 0.15) is 5.82 Å². The fourth-order valence-electron chi connectivity index (χ4n) is 3.41. The lowest BCUT2D eigenvalue weighted by Crippen LogP contribution is -2.50. The van der Waals surface area contributed by atoms with Crippen LogP contribution in [-0.2, 0) is 20.7 Å². The Morgan fingerprint density at radius 2 is 2.14 bits per heavy atom. The minimum Gasteiger partial charge on any atom is -0.355 e. The average molecular weight is 307 g/mol. The molecule has 1 unspecified atom stereocenters. The maximum absolute atomic E-state index is 13.1. The number of rotatable bonds is 4. The van der Waals surface area contributed by atoms with E-state index in [4.69, 9.17) is 9.47 Å². The summed E-state index contributed by atoms with van der Waals surface area (Å²) >= 11 is 0. The highest BCUT2D eigenvalue weighted by molar-refractivity contribution is 5.79. The van der Waals surface area contributed by atoms with E-state index in [1.165, 1.54) is 12.1 Å². The minimum absolute atomic E-state index is 0.0157. The molecule has 5 heteroatoms. The third-order valence-corrected chi connectivity index (χ3v) is 4.49. The Labute approximate surface area is 130 Å². The van der Waals surface area contributed by atoms with Crippen LogP contribution in [0.15, 0.2) is 24.3 Å². The van der Waals surface area contributed by atoms with Crippen LogP contribution in [0.2, 0.25) is 0 Å². The van der Waals surface area contributed by atoms with Crippen molar-refractivity contribution in [1.82, 2.24) is 5.32 Å². The van der Waals surface area contributed by atoms with Gasteiger partial charge < -0.3 is 14.8 Å². The van der Waals surface area contributed by atoms with Gasteiger partial charge in [-0.25, -0.2) is 4.39 Å². The van der Waals surface area contributed by atoms with Gasteiger partial charge >= 0.3 is 0 Å². The normalized spacial score (nSPS) is 23.6. The van der Waals surface area contributed by atoms with E-state index in [2.05, 4.69) is 5.32 Å².